The Balaban J connectivity index is 1.81. The lowest BCUT2D eigenvalue weighted by Gasteiger charge is -2.26. The molecule has 0 bridgehead atoms. The van der Waals surface area contributed by atoms with Crippen molar-refractivity contribution in [1.82, 2.24) is 0 Å². The van der Waals surface area contributed by atoms with Crippen molar-refractivity contribution in [2.75, 3.05) is 0 Å². The summed E-state index contributed by atoms with van der Waals surface area (Å²) in [6.45, 7) is 0. The molecule has 2 aliphatic carbocycles. The van der Waals surface area contributed by atoms with E-state index in [1.807, 2.05) is 0 Å². The van der Waals surface area contributed by atoms with Crippen molar-refractivity contribution in [3.63, 3.8) is 0 Å². The zero-order valence-electron chi connectivity index (χ0n) is 12.2. The van der Waals surface area contributed by atoms with E-state index in [4.69, 9.17) is 0 Å². The van der Waals surface area contributed by atoms with E-state index in [-0.39, 0.29) is 0 Å². The van der Waals surface area contributed by atoms with Gasteiger partial charge in [0, 0.05) is 0 Å². The van der Waals surface area contributed by atoms with Gasteiger partial charge in [0.2, 0.25) is 0 Å². The fraction of sp³-hybridized carbons (Fsp3) is 0.875. The third-order valence-electron chi connectivity index (χ3n) is 5.59. The van der Waals surface area contributed by atoms with Gasteiger partial charge >= 0.3 is 11.9 Å². The van der Waals surface area contributed by atoms with E-state index in [0.717, 1.165) is 77.0 Å². The Kier molecular flexibility index (Phi) is 4.71. The zero-order valence-corrected chi connectivity index (χ0v) is 12.2. The maximum Gasteiger partial charge on any atom is 0.309 e. The van der Waals surface area contributed by atoms with Gasteiger partial charge in [-0.2, -0.15) is 0 Å². The largest absolute Gasteiger partial charge is 0.481 e. The van der Waals surface area contributed by atoms with Crippen LogP contribution in [0, 0.1) is 10.8 Å². The van der Waals surface area contributed by atoms with Gasteiger partial charge in [0.15, 0.2) is 0 Å². The van der Waals surface area contributed by atoms with Crippen molar-refractivity contribution in [2.45, 2.75) is 77.0 Å². The normalized spacial score (nSPS) is 23.8. The highest BCUT2D eigenvalue weighted by Gasteiger charge is 2.42. The van der Waals surface area contributed by atoms with E-state index >= 15 is 0 Å². The highest BCUT2D eigenvalue weighted by molar-refractivity contribution is 5.75. The van der Waals surface area contributed by atoms with Gasteiger partial charge in [0.1, 0.15) is 0 Å². The van der Waals surface area contributed by atoms with Crippen molar-refractivity contribution in [1.29, 1.82) is 0 Å². The van der Waals surface area contributed by atoms with Gasteiger partial charge < -0.3 is 10.2 Å². The molecule has 0 aromatic heterocycles. The van der Waals surface area contributed by atoms with Gasteiger partial charge in [-0.15, -0.1) is 0 Å². The summed E-state index contributed by atoms with van der Waals surface area (Å²) in [4.78, 5) is 22.9. The molecule has 0 heterocycles. The second-order valence-corrected chi connectivity index (χ2v) is 6.79. The molecule has 114 valence electrons. The quantitative estimate of drug-likeness (QED) is 0.696. The van der Waals surface area contributed by atoms with Crippen molar-refractivity contribution in [3.8, 4) is 0 Å². The number of rotatable bonds is 7. The lowest BCUT2D eigenvalue weighted by atomic mass is 9.77. The van der Waals surface area contributed by atoms with Gasteiger partial charge in [-0.3, -0.25) is 9.59 Å². The Morgan fingerprint density at radius 1 is 0.700 bits per heavy atom. The third-order valence-corrected chi connectivity index (χ3v) is 5.59. The molecule has 2 rings (SSSR count). The Labute approximate surface area is 120 Å². The lowest BCUT2D eigenvalue weighted by Crippen LogP contribution is -2.29. The lowest BCUT2D eigenvalue weighted by molar-refractivity contribution is -0.150. The minimum Gasteiger partial charge on any atom is -0.481 e. The van der Waals surface area contributed by atoms with Crippen molar-refractivity contribution >= 4 is 11.9 Å². The van der Waals surface area contributed by atoms with E-state index in [9.17, 15) is 19.8 Å². The fourth-order valence-corrected chi connectivity index (χ4v) is 4.17. The summed E-state index contributed by atoms with van der Waals surface area (Å²) in [7, 11) is 0. The maximum absolute atomic E-state index is 11.5. The molecule has 0 aromatic carbocycles. The van der Waals surface area contributed by atoms with Crippen LogP contribution in [0.15, 0.2) is 0 Å². The third kappa shape index (κ3) is 2.99. The number of aliphatic carboxylic acids is 2. The van der Waals surface area contributed by atoms with Crippen LogP contribution in [-0.4, -0.2) is 22.2 Å². The first-order chi connectivity index (χ1) is 9.51. The Morgan fingerprint density at radius 3 is 1.25 bits per heavy atom. The van der Waals surface area contributed by atoms with E-state index in [2.05, 4.69) is 0 Å². The van der Waals surface area contributed by atoms with Crippen LogP contribution in [0.5, 0.6) is 0 Å². The Hall–Kier alpha value is -1.06. The van der Waals surface area contributed by atoms with E-state index in [1.54, 1.807) is 0 Å². The summed E-state index contributed by atoms with van der Waals surface area (Å²) < 4.78 is 0. The number of carboxylic acid groups (broad SMARTS) is 2. The van der Waals surface area contributed by atoms with Crippen molar-refractivity contribution < 1.29 is 19.8 Å². The van der Waals surface area contributed by atoms with Crippen molar-refractivity contribution in [2.24, 2.45) is 10.8 Å². The fourth-order valence-electron chi connectivity index (χ4n) is 4.17. The second-order valence-electron chi connectivity index (χ2n) is 6.79. The summed E-state index contributed by atoms with van der Waals surface area (Å²) in [5.74, 6) is -1.30. The van der Waals surface area contributed by atoms with Gasteiger partial charge in [0.25, 0.3) is 0 Å². The number of carbonyl (C=O) groups is 2. The topological polar surface area (TPSA) is 74.6 Å². The molecule has 0 radical (unpaired) electrons. The molecular weight excluding hydrogens is 256 g/mol. The molecule has 4 nitrogen and oxygen atoms in total. The summed E-state index contributed by atoms with van der Waals surface area (Å²) in [5, 5.41) is 18.8. The van der Waals surface area contributed by atoms with Crippen LogP contribution in [0.25, 0.3) is 0 Å². The molecule has 0 amide bonds. The first-order valence-corrected chi connectivity index (χ1v) is 7.98. The first kappa shape index (κ1) is 15.3. The second kappa shape index (κ2) is 6.15. The number of hydrogen-bond donors (Lipinski definition) is 2. The van der Waals surface area contributed by atoms with Crippen LogP contribution >= 0.6 is 0 Å². The molecule has 4 heteroatoms. The molecule has 2 fully saturated rings. The summed E-state index contributed by atoms with van der Waals surface area (Å²) >= 11 is 0. The molecule has 0 saturated heterocycles. The highest BCUT2D eigenvalue weighted by atomic mass is 16.4. The molecule has 0 aromatic rings. The molecule has 0 unspecified atom stereocenters. The average Bonchev–Trinajstić information content (AvgIpc) is 3.05. The predicted molar refractivity (Wildman–Crippen MR) is 75.5 cm³/mol. The molecule has 2 N–H and O–H groups in total. The summed E-state index contributed by atoms with van der Waals surface area (Å²) in [6, 6.07) is 0. The molecule has 0 atom stereocenters. The predicted octanol–water partition coefficient (Wildman–Crippen LogP) is 3.84. The monoisotopic (exact) mass is 282 g/mol. The van der Waals surface area contributed by atoms with Crippen LogP contribution in [-0.2, 0) is 9.59 Å². The molecule has 2 aliphatic rings. The number of unbranched alkanes of at least 4 members (excludes halogenated alkanes) is 1. The van der Waals surface area contributed by atoms with Crippen LogP contribution in [0.3, 0.4) is 0 Å². The van der Waals surface area contributed by atoms with Gasteiger partial charge in [-0.05, 0) is 38.5 Å². The standard InChI is InChI=1S/C16H26O4/c17-13(18)15(7-1-2-8-15)11-5-6-12-16(14(19)20)9-3-4-10-16/h1-12H2,(H,17,18)(H,19,20). The maximum atomic E-state index is 11.5. The minimum atomic E-state index is -0.649. The summed E-state index contributed by atoms with van der Waals surface area (Å²) in [5.41, 5.74) is -1.02. The molecule has 0 aliphatic heterocycles. The number of hydrogen-bond acceptors (Lipinski definition) is 2. The van der Waals surface area contributed by atoms with E-state index in [1.165, 1.54) is 0 Å². The van der Waals surface area contributed by atoms with Crippen LogP contribution in [0.2, 0.25) is 0 Å². The van der Waals surface area contributed by atoms with Crippen LogP contribution in [0.4, 0.5) is 0 Å². The number of carboxylic acids is 2. The average molecular weight is 282 g/mol. The van der Waals surface area contributed by atoms with E-state index < -0.39 is 22.8 Å². The zero-order chi connectivity index (χ0) is 14.6. The van der Waals surface area contributed by atoms with Gasteiger partial charge in [-0.1, -0.05) is 38.5 Å². The molecule has 20 heavy (non-hydrogen) atoms. The Morgan fingerprint density at radius 2 is 1.00 bits per heavy atom. The van der Waals surface area contributed by atoms with Crippen molar-refractivity contribution in [3.05, 3.63) is 0 Å². The molecule has 0 spiro atoms. The highest BCUT2D eigenvalue weighted by Crippen LogP contribution is 2.45. The Bertz CT molecular complexity index is 327. The van der Waals surface area contributed by atoms with Crippen LogP contribution in [0.1, 0.15) is 77.0 Å². The summed E-state index contributed by atoms with van der Waals surface area (Å²) in [6.07, 6.45) is 10.4. The molecular formula is C16H26O4. The smallest absolute Gasteiger partial charge is 0.309 e. The van der Waals surface area contributed by atoms with E-state index in [0.29, 0.717) is 0 Å². The minimum absolute atomic E-state index is 0.508. The van der Waals surface area contributed by atoms with Gasteiger partial charge in [-0.25, -0.2) is 0 Å². The molecule has 2 saturated carbocycles. The van der Waals surface area contributed by atoms with Gasteiger partial charge in [0.05, 0.1) is 10.8 Å². The SMILES string of the molecule is O=C(O)C1(CCCCC2(C(=O)O)CCCC2)CCCC1. The first-order valence-electron chi connectivity index (χ1n) is 7.98. The van der Waals surface area contributed by atoms with Crippen LogP contribution < -0.4 is 0 Å².